The molecule has 2 rings (SSSR count). The van der Waals surface area contributed by atoms with Crippen molar-refractivity contribution in [2.24, 2.45) is 5.41 Å². The zero-order valence-electron chi connectivity index (χ0n) is 9.59. The van der Waals surface area contributed by atoms with Gasteiger partial charge in [-0.1, -0.05) is 6.92 Å². The number of phenolic OH excluding ortho intramolecular Hbond substituents is 1. The molecule has 0 heterocycles. The summed E-state index contributed by atoms with van der Waals surface area (Å²) in [5.74, 6) is -0.138. The molecule has 0 amide bonds. The quantitative estimate of drug-likeness (QED) is 0.804. The second-order valence-corrected chi connectivity index (χ2v) is 4.73. The van der Waals surface area contributed by atoms with Gasteiger partial charge in [-0.25, -0.2) is 4.39 Å². The molecule has 2 nitrogen and oxygen atoms in total. The van der Waals surface area contributed by atoms with Crippen LogP contribution < -0.4 is 5.32 Å². The molecule has 0 radical (unpaired) electrons. The molecule has 88 valence electrons. The van der Waals surface area contributed by atoms with E-state index in [1.165, 1.54) is 37.5 Å². The zero-order valence-corrected chi connectivity index (χ0v) is 9.59. The average Bonchev–Trinajstić information content (AvgIpc) is 3.04. The van der Waals surface area contributed by atoms with Gasteiger partial charge in [0, 0.05) is 18.7 Å². The summed E-state index contributed by atoms with van der Waals surface area (Å²) in [5.41, 5.74) is 1.11. The third-order valence-electron chi connectivity index (χ3n) is 3.56. The SMILES string of the molecule is CCC1(CNCc2cc(F)ccc2O)CC1. The molecule has 0 unspecified atom stereocenters. The van der Waals surface area contributed by atoms with Crippen molar-refractivity contribution in [3.63, 3.8) is 0 Å². The Hall–Kier alpha value is -1.09. The van der Waals surface area contributed by atoms with Crippen molar-refractivity contribution < 1.29 is 9.50 Å². The highest BCUT2D eigenvalue weighted by atomic mass is 19.1. The average molecular weight is 223 g/mol. The fourth-order valence-corrected chi connectivity index (χ4v) is 1.99. The monoisotopic (exact) mass is 223 g/mol. The Morgan fingerprint density at radius 2 is 2.19 bits per heavy atom. The zero-order chi connectivity index (χ0) is 11.6. The second-order valence-electron chi connectivity index (χ2n) is 4.73. The van der Waals surface area contributed by atoms with Crippen molar-refractivity contribution in [2.75, 3.05) is 6.54 Å². The van der Waals surface area contributed by atoms with Crippen LogP contribution >= 0.6 is 0 Å². The third kappa shape index (κ3) is 2.53. The molecule has 16 heavy (non-hydrogen) atoms. The van der Waals surface area contributed by atoms with Crippen LogP contribution in [0.25, 0.3) is 0 Å². The molecule has 0 aliphatic heterocycles. The van der Waals surface area contributed by atoms with E-state index in [4.69, 9.17) is 0 Å². The van der Waals surface area contributed by atoms with Crippen molar-refractivity contribution in [3.8, 4) is 5.75 Å². The van der Waals surface area contributed by atoms with E-state index >= 15 is 0 Å². The number of halogens is 1. The predicted octanol–water partition coefficient (Wildman–Crippen LogP) is 2.81. The van der Waals surface area contributed by atoms with E-state index in [9.17, 15) is 9.50 Å². The predicted molar refractivity (Wildman–Crippen MR) is 61.7 cm³/mol. The summed E-state index contributed by atoms with van der Waals surface area (Å²) in [6.07, 6.45) is 3.76. The van der Waals surface area contributed by atoms with E-state index in [1.807, 2.05) is 0 Å². The van der Waals surface area contributed by atoms with Gasteiger partial charge in [0.2, 0.25) is 0 Å². The number of benzene rings is 1. The minimum atomic E-state index is -0.300. The van der Waals surface area contributed by atoms with Gasteiger partial charge in [0.25, 0.3) is 0 Å². The van der Waals surface area contributed by atoms with Crippen LogP contribution in [0.5, 0.6) is 5.75 Å². The van der Waals surface area contributed by atoms with Crippen LogP contribution in [-0.2, 0) is 6.54 Å². The number of hydrogen-bond acceptors (Lipinski definition) is 2. The van der Waals surface area contributed by atoms with Crippen LogP contribution in [0.2, 0.25) is 0 Å². The Morgan fingerprint density at radius 3 is 2.81 bits per heavy atom. The van der Waals surface area contributed by atoms with E-state index in [2.05, 4.69) is 12.2 Å². The lowest BCUT2D eigenvalue weighted by Gasteiger charge is -2.13. The van der Waals surface area contributed by atoms with E-state index in [1.54, 1.807) is 0 Å². The molecule has 1 fully saturated rings. The van der Waals surface area contributed by atoms with Gasteiger partial charge in [0.05, 0.1) is 0 Å². The van der Waals surface area contributed by atoms with Gasteiger partial charge in [0.15, 0.2) is 0 Å². The third-order valence-corrected chi connectivity index (χ3v) is 3.56. The normalized spacial score (nSPS) is 17.4. The second kappa shape index (κ2) is 4.42. The molecule has 1 aliphatic carbocycles. The summed E-state index contributed by atoms with van der Waals surface area (Å²) in [7, 11) is 0. The van der Waals surface area contributed by atoms with Crippen LogP contribution in [-0.4, -0.2) is 11.7 Å². The van der Waals surface area contributed by atoms with Crippen LogP contribution in [0, 0.1) is 11.2 Å². The van der Waals surface area contributed by atoms with Crippen molar-refractivity contribution >= 4 is 0 Å². The first-order valence-electron chi connectivity index (χ1n) is 5.83. The van der Waals surface area contributed by atoms with E-state index in [0.717, 1.165) is 6.54 Å². The fraction of sp³-hybridized carbons (Fsp3) is 0.538. The minimum absolute atomic E-state index is 0.162. The van der Waals surface area contributed by atoms with Crippen molar-refractivity contribution in [1.82, 2.24) is 5.32 Å². The molecule has 1 aromatic rings. The van der Waals surface area contributed by atoms with Crippen molar-refractivity contribution in [2.45, 2.75) is 32.7 Å². The number of aromatic hydroxyl groups is 1. The highest BCUT2D eigenvalue weighted by Gasteiger charge is 2.39. The van der Waals surface area contributed by atoms with Gasteiger partial charge in [-0.2, -0.15) is 0 Å². The number of hydrogen-bond donors (Lipinski definition) is 2. The minimum Gasteiger partial charge on any atom is -0.508 e. The van der Waals surface area contributed by atoms with Crippen molar-refractivity contribution in [1.29, 1.82) is 0 Å². The van der Waals surface area contributed by atoms with E-state index < -0.39 is 0 Å². The van der Waals surface area contributed by atoms with Gasteiger partial charge in [0.1, 0.15) is 11.6 Å². The van der Waals surface area contributed by atoms with Crippen LogP contribution in [0.1, 0.15) is 31.7 Å². The van der Waals surface area contributed by atoms with Crippen LogP contribution in [0.3, 0.4) is 0 Å². The van der Waals surface area contributed by atoms with Crippen LogP contribution in [0.4, 0.5) is 4.39 Å². The maximum Gasteiger partial charge on any atom is 0.123 e. The lowest BCUT2D eigenvalue weighted by molar-refractivity contribution is 0.431. The Morgan fingerprint density at radius 1 is 1.44 bits per heavy atom. The maximum atomic E-state index is 12.9. The molecule has 1 saturated carbocycles. The smallest absolute Gasteiger partial charge is 0.123 e. The van der Waals surface area contributed by atoms with E-state index in [-0.39, 0.29) is 11.6 Å². The summed E-state index contributed by atoms with van der Waals surface area (Å²) in [5, 5.41) is 12.8. The van der Waals surface area contributed by atoms with Gasteiger partial charge < -0.3 is 10.4 Å². The fourth-order valence-electron chi connectivity index (χ4n) is 1.99. The molecular weight excluding hydrogens is 205 g/mol. The first kappa shape index (κ1) is 11.4. The molecule has 0 aromatic heterocycles. The van der Waals surface area contributed by atoms with Gasteiger partial charge in [-0.15, -0.1) is 0 Å². The van der Waals surface area contributed by atoms with Gasteiger partial charge in [-0.05, 0) is 42.9 Å². The first-order chi connectivity index (χ1) is 7.65. The van der Waals surface area contributed by atoms with Crippen LogP contribution in [0.15, 0.2) is 18.2 Å². The molecule has 1 aliphatic rings. The molecule has 2 N–H and O–H groups in total. The summed E-state index contributed by atoms with van der Waals surface area (Å²) in [6.45, 7) is 3.69. The highest BCUT2D eigenvalue weighted by molar-refractivity contribution is 5.32. The molecule has 0 spiro atoms. The Balaban J connectivity index is 1.87. The van der Waals surface area contributed by atoms with Gasteiger partial charge in [-0.3, -0.25) is 0 Å². The molecule has 0 bridgehead atoms. The summed E-state index contributed by atoms with van der Waals surface area (Å²) in [4.78, 5) is 0. The first-order valence-corrected chi connectivity index (χ1v) is 5.83. The molecule has 0 saturated heterocycles. The molecule has 1 aromatic carbocycles. The largest absolute Gasteiger partial charge is 0.508 e. The standard InChI is InChI=1S/C13H18FNO/c1-2-13(5-6-13)9-15-8-10-7-11(14)3-4-12(10)16/h3-4,7,15-16H,2,5-6,8-9H2,1H3. The lowest BCUT2D eigenvalue weighted by Crippen LogP contribution is -2.23. The van der Waals surface area contributed by atoms with Crippen molar-refractivity contribution in [3.05, 3.63) is 29.6 Å². The van der Waals surface area contributed by atoms with E-state index in [0.29, 0.717) is 17.5 Å². The number of rotatable bonds is 5. The Kier molecular flexibility index (Phi) is 3.15. The maximum absolute atomic E-state index is 12.9. The summed E-state index contributed by atoms with van der Waals surface area (Å²) < 4.78 is 12.9. The lowest BCUT2D eigenvalue weighted by atomic mass is 10.0. The topological polar surface area (TPSA) is 32.3 Å². The highest BCUT2D eigenvalue weighted by Crippen LogP contribution is 2.47. The summed E-state index contributed by atoms with van der Waals surface area (Å²) >= 11 is 0. The Labute approximate surface area is 95.5 Å². The molecular formula is C13H18FNO. The number of nitrogens with one attached hydrogen (secondary N) is 1. The number of phenols is 1. The summed E-state index contributed by atoms with van der Waals surface area (Å²) in [6, 6.07) is 4.06. The van der Waals surface area contributed by atoms with Gasteiger partial charge >= 0.3 is 0 Å². The Bertz CT molecular complexity index is 374. The molecule has 0 atom stereocenters. The molecule has 3 heteroatoms.